The van der Waals surface area contributed by atoms with Crippen LogP contribution in [0, 0.1) is 6.92 Å². The number of anilines is 2. The van der Waals surface area contributed by atoms with Gasteiger partial charge in [0, 0.05) is 13.6 Å². The third-order valence-corrected chi connectivity index (χ3v) is 4.67. The number of nitrogens with two attached hydrogens (primary N) is 1. The van der Waals surface area contributed by atoms with E-state index in [1.807, 2.05) is 19.9 Å². The number of nitrogens with zero attached hydrogens (tertiary/aromatic N) is 2. The molecular weight excluding hydrogens is 384 g/mol. The lowest BCUT2D eigenvalue weighted by molar-refractivity contribution is -0.124. The summed E-state index contributed by atoms with van der Waals surface area (Å²) >= 11 is 6.12. The number of ether oxygens (including phenoxy) is 1. The molecule has 1 atom stereocenters. The van der Waals surface area contributed by atoms with Crippen molar-refractivity contribution in [3.8, 4) is 5.75 Å². The minimum Gasteiger partial charge on any atom is -0.479 e. The molecule has 0 saturated heterocycles. The van der Waals surface area contributed by atoms with E-state index < -0.39 is 23.3 Å². The number of nitrogen functional groups attached to an aromatic ring is 1. The Balaban J connectivity index is 2.33. The summed E-state index contributed by atoms with van der Waals surface area (Å²) in [5.41, 5.74) is 5.55. The number of carbonyl (C=O) groups excluding carboxylic acids is 1. The second kappa shape index (κ2) is 8.97. The number of aromatic nitrogens is 2. The number of hydrogen-bond acceptors (Lipinski definition) is 5. The molecular formula is C19H25ClN4O4. The van der Waals surface area contributed by atoms with Crippen molar-refractivity contribution in [3.05, 3.63) is 49.6 Å². The van der Waals surface area contributed by atoms with E-state index in [4.69, 9.17) is 22.1 Å². The van der Waals surface area contributed by atoms with E-state index in [-0.39, 0.29) is 11.5 Å². The number of amides is 1. The van der Waals surface area contributed by atoms with Gasteiger partial charge in [0.25, 0.3) is 11.5 Å². The molecule has 0 spiro atoms. The number of H-pyrrole nitrogens is 1. The Bertz CT molecular complexity index is 983. The van der Waals surface area contributed by atoms with Crippen molar-refractivity contribution < 1.29 is 9.53 Å². The minimum absolute atomic E-state index is 0.0566. The van der Waals surface area contributed by atoms with Crippen LogP contribution in [-0.2, 0) is 11.3 Å². The molecule has 0 radical (unpaired) electrons. The molecule has 0 aliphatic carbocycles. The Kier molecular flexibility index (Phi) is 6.90. The van der Waals surface area contributed by atoms with Gasteiger partial charge in [-0.05, 0) is 38.0 Å². The molecule has 2 rings (SSSR count). The van der Waals surface area contributed by atoms with E-state index in [1.165, 1.54) is 11.6 Å². The van der Waals surface area contributed by atoms with E-state index >= 15 is 0 Å². The van der Waals surface area contributed by atoms with Gasteiger partial charge in [-0.25, -0.2) is 4.79 Å². The van der Waals surface area contributed by atoms with Crippen LogP contribution in [0.4, 0.5) is 11.5 Å². The lowest BCUT2D eigenvalue weighted by Gasteiger charge is -2.24. The van der Waals surface area contributed by atoms with Crippen LogP contribution in [0.15, 0.2) is 27.8 Å². The molecule has 0 fully saturated rings. The van der Waals surface area contributed by atoms with Crippen LogP contribution < -0.4 is 26.6 Å². The van der Waals surface area contributed by atoms with Gasteiger partial charge in [0.1, 0.15) is 11.6 Å². The molecule has 1 unspecified atom stereocenters. The van der Waals surface area contributed by atoms with Gasteiger partial charge in [-0.2, -0.15) is 0 Å². The Morgan fingerprint density at radius 2 is 2.07 bits per heavy atom. The van der Waals surface area contributed by atoms with Gasteiger partial charge in [0.05, 0.1) is 5.02 Å². The first kappa shape index (κ1) is 21.6. The Morgan fingerprint density at radius 3 is 2.71 bits per heavy atom. The summed E-state index contributed by atoms with van der Waals surface area (Å²) in [5, 5.41) is 0.373. The smallest absolute Gasteiger partial charge is 0.330 e. The number of hydrogen-bond donors (Lipinski definition) is 2. The standard InChI is InChI=1S/C19H25ClN4O4/c1-5-6-9-24-16(21)15(17(25)22-19(24)27)23(4)18(26)12(3)28-14-10-11(2)7-8-13(14)20/h7-8,10,12H,5-6,9,21H2,1-4H3,(H,22,25,27). The molecule has 9 heteroatoms. The van der Waals surface area contributed by atoms with Gasteiger partial charge in [-0.1, -0.05) is 31.0 Å². The minimum atomic E-state index is -0.931. The Hall–Kier alpha value is -2.74. The maximum Gasteiger partial charge on any atom is 0.330 e. The molecule has 1 amide bonds. The quantitative estimate of drug-likeness (QED) is 0.730. The topological polar surface area (TPSA) is 110 Å². The van der Waals surface area contributed by atoms with Crippen LogP contribution in [0.5, 0.6) is 5.75 Å². The highest BCUT2D eigenvalue weighted by Crippen LogP contribution is 2.27. The molecule has 3 N–H and O–H groups in total. The number of unbranched alkanes of at least 4 members (excludes halogenated alkanes) is 1. The van der Waals surface area contributed by atoms with Gasteiger partial charge in [-0.3, -0.25) is 19.1 Å². The molecule has 8 nitrogen and oxygen atoms in total. The number of rotatable bonds is 7. The monoisotopic (exact) mass is 408 g/mol. The predicted octanol–water partition coefficient (Wildman–Crippen LogP) is 2.31. The fraction of sp³-hybridized carbons (Fsp3) is 0.421. The largest absolute Gasteiger partial charge is 0.479 e. The molecule has 1 aromatic carbocycles. The zero-order chi connectivity index (χ0) is 21.0. The SMILES string of the molecule is CCCCn1c(N)c(N(C)C(=O)C(C)Oc2cc(C)ccc2Cl)c(=O)[nH]c1=O. The first-order valence-electron chi connectivity index (χ1n) is 9.00. The highest BCUT2D eigenvalue weighted by Gasteiger charge is 2.26. The maximum absolute atomic E-state index is 12.8. The number of nitrogens with one attached hydrogen (secondary N) is 1. The lowest BCUT2D eigenvalue weighted by atomic mass is 10.2. The van der Waals surface area contributed by atoms with Crippen LogP contribution in [0.3, 0.4) is 0 Å². The summed E-state index contributed by atoms with van der Waals surface area (Å²) in [5.74, 6) is -0.194. The van der Waals surface area contributed by atoms with E-state index in [2.05, 4.69) is 4.98 Å². The molecule has 28 heavy (non-hydrogen) atoms. The van der Waals surface area contributed by atoms with Crippen molar-refractivity contribution in [2.45, 2.75) is 46.3 Å². The van der Waals surface area contributed by atoms with Crippen molar-refractivity contribution in [2.75, 3.05) is 17.7 Å². The highest BCUT2D eigenvalue weighted by atomic mass is 35.5. The summed E-state index contributed by atoms with van der Waals surface area (Å²) in [6.45, 7) is 5.74. The average molecular weight is 409 g/mol. The highest BCUT2D eigenvalue weighted by molar-refractivity contribution is 6.32. The van der Waals surface area contributed by atoms with E-state index in [9.17, 15) is 14.4 Å². The number of aromatic amines is 1. The van der Waals surface area contributed by atoms with E-state index in [1.54, 1.807) is 19.1 Å². The summed E-state index contributed by atoms with van der Waals surface area (Å²) in [6, 6.07) is 5.23. The van der Waals surface area contributed by atoms with Crippen LogP contribution >= 0.6 is 11.6 Å². The molecule has 152 valence electrons. The summed E-state index contributed by atoms with van der Waals surface area (Å²) < 4.78 is 6.94. The van der Waals surface area contributed by atoms with Crippen molar-refractivity contribution in [1.82, 2.24) is 9.55 Å². The third-order valence-electron chi connectivity index (χ3n) is 4.35. The average Bonchev–Trinajstić information content (AvgIpc) is 2.63. The van der Waals surface area contributed by atoms with Crippen LogP contribution in [0.25, 0.3) is 0 Å². The Morgan fingerprint density at radius 1 is 1.39 bits per heavy atom. The summed E-state index contributed by atoms with van der Waals surface area (Å²) in [4.78, 5) is 40.5. The van der Waals surface area contributed by atoms with Crippen LogP contribution in [0.1, 0.15) is 32.3 Å². The van der Waals surface area contributed by atoms with E-state index in [0.717, 1.165) is 16.9 Å². The van der Waals surface area contributed by atoms with Crippen molar-refractivity contribution in [1.29, 1.82) is 0 Å². The van der Waals surface area contributed by atoms with Crippen LogP contribution in [0.2, 0.25) is 5.02 Å². The first-order valence-corrected chi connectivity index (χ1v) is 9.38. The summed E-state index contributed by atoms with van der Waals surface area (Å²) in [7, 11) is 1.41. The Labute approximate surface area is 167 Å². The lowest BCUT2D eigenvalue weighted by Crippen LogP contribution is -2.43. The number of aryl methyl sites for hydroxylation is 1. The number of likely N-dealkylation sites (N-methyl/N-ethyl adjacent to an activating group) is 1. The second-order valence-electron chi connectivity index (χ2n) is 6.59. The maximum atomic E-state index is 12.8. The second-order valence-corrected chi connectivity index (χ2v) is 7.00. The zero-order valence-electron chi connectivity index (χ0n) is 16.4. The third kappa shape index (κ3) is 4.56. The van der Waals surface area contributed by atoms with Gasteiger partial charge < -0.3 is 15.4 Å². The van der Waals surface area contributed by atoms with E-state index in [0.29, 0.717) is 23.7 Å². The first-order chi connectivity index (χ1) is 13.2. The molecule has 2 aromatic rings. The van der Waals surface area contributed by atoms with Crippen molar-refractivity contribution >= 4 is 29.0 Å². The van der Waals surface area contributed by atoms with Gasteiger partial charge >= 0.3 is 5.69 Å². The fourth-order valence-corrected chi connectivity index (χ4v) is 2.93. The predicted molar refractivity (Wildman–Crippen MR) is 110 cm³/mol. The molecule has 0 aliphatic rings. The molecule has 0 bridgehead atoms. The normalized spacial score (nSPS) is 11.9. The molecule has 1 heterocycles. The van der Waals surface area contributed by atoms with Crippen molar-refractivity contribution in [3.63, 3.8) is 0 Å². The summed E-state index contributed by atoms with van der Waals surface area (Å²) in [6.07, 6.45) is 0.620. The van der Waals surface area contributed by atoms with Crippen LogP contribution in [-0.4, -0.2) is 28.6 Å². The number of halogens is 1. The van der Waals surface area contributed by atoms with Crippen molar-refractivity contribution in [2.24, 2.45) is 0 Å². The molecule has 0 saturated carbocycles. The molecule has 0 aliphatic heterocycles. The molecule has 1 aromatic heterocycles. The number of benzene rings is 1. The fourth-order valence-electron chi connectivity index (χ4n) is 2.76. The van der Waals surface area contributed by atoms with Gasteiger partial charge in [0.2, 0.25) is 0 Å². The zero-order valence-corrected chi connectivity index (χ0v) is 17.2. The van der Waals surface area contributed by atoms with Gasteiger partial charge in [-0.15, -0.1) is 0 Å². The van der Waals surface area contributed by atoms with Gasteiger partial charge in [0.15, 0.2) is 11.8 Å². The number of carbonyl (C=O) groups is 1.